The molecule has 2 aliphatic rings. The zero-order valence-corrected chi connectivity index (χ0v) is 16.7. The SMILES string of the molecule is COC(=O)[C@]1(CCSC)[NH2+][C@@H](c2ccccc2OC)[C@H]2C(=O)N(C)C(=O)[C@@H]21. The number of para-hydroxylation sites is 1. The lowest BCUT2D eigenvalue weighted by atomic mass is 9.77. The highest BCUT2D eigenvalue weighted by molar-refractivity contribution is 7.98. The number of rotatable bonds is 6. The molecule has 0 spiro atoms. The molecule has 2 N–H and O–H groups in total. The molecule has 2 fully saturated rings. The number of carbonyl (C=O) groups excluding carboxylic acids is 3. The number of quaternary nitrogens is 1. The summed E-state index contributed by atoms with van der Waals surface area (Å²) in [7, 11) is 4.38. The van der Waals surface area contributed by atoms with Gasteiger partial charge in [0.15, 0.2) is 0 Å². The zero-order valence-electron chi connectivity index (χ0n) is 15.9. The first-order valence-electron chi connectivity index (χ1n) is 8.80. The van der Waals surface area contributed by atoms with Gasteiger partial charge in [0.1, 0.15) is 23.6 Å². The molecular formula is C19H25N2O5S+. The molecule has 4 atom stereocenters. The van der Waals surface area contributed by atoms with Gasteiger partial charge in [-0.05, 0) is 24.1 Å². The summed E-state index contributed by atoms with van der Waals surface area (Å²) in [4.78, 5) is 40.0. The number of amides is 2. The first-order chi connectivity index (χ1) is 12.9. The van der Waals surface area contributed by atoms with Gasteiger partial charge in [0, 0.05) is 13.5 Å². The van der Waals surface area contributed by atoms with Crippen molar-refractivity contribution in [1.29, 1.82) is 0 Å². The number of esters is 1. The second-order valence-electron chi connectivity index (χ2n) is 6.95. The van der Waals surface area contributed by atoms with E-state index in [0.717, 1.165) is 10.5 Å². The Hall–Kier alpha value is -2.06. The number of hydrogen-bond acceptors (Lipinski definition) is 6. The lowest BCUT2D eigenvalue weighted by molar-refractivity contribution is -0.734. The van der Waals surface area contributed by atoms with Gasteiger partial charge in [-0.2, -0.15) is 11.8 Å². The van der Waals surface area contributed by atoms with Crippen LogP contribution < -0.4 is 10.1 Å². The third-order valence-electron chi connectivity index (χ3n) is 5.77. The molecule has 3 rings (SSSR count). The molecule has 0 aromatic heterocycles. The fourth-order valence-electron chi connectivity index (χ4n) is 4.49. The van der Waals surface area contributed by atoms with Crippen molar-refractivity contribution >= 4 is 29.5 Å². The molecular weight excluding hydrogens is 368 g/mol. The number of thioether (sulfide) groups is 1. The average Bonchev–Trinajstić information content (AvgIpc) is 3.15. The van der Waals surface area contributed by atoms with Crippen molar-refractivity contribution in [2.24, 2.45) is 11.8 Å². The van der Waals surface area contributed by atoms with Crippen LogP contribution in [0.5, 0.6) is 5.75 Å². The van der Waals surface area contributed by atoms with Gasteiger partial charge < -0.3 is 14.8 Å². The van der Waals surface area contributed by atoms with Crippen molar-refractivity contribution in [3.05, 3.63) is 29.8 Å². The van der Waals surface area contributed by atoms with Gasteiger partial charge in [-0.3, -0.25) is 14.5 Å². The van der Waals surface area contributed by atoms with Crippen molar-refractivity contribution in [3.63, 3.8) is 0 Å². The van der Waals surface area contributed by atoms with Crippen LogP contribution in [0.15, 0.2) is 24.3 Å². The number of nitrogens with zero attached hydrogens (tertiary/aromatic N) is 1. The van der Waals surface area contributed by atoms with E-state index in [4.69, 9.17) is 9.47 Å². The van der Waals surface area contributed by atoms with E-state index in [1.54, 1.807) is 18.9 Å². The van der Waals surface area contributed by atoms with Crippen LogP contribution in [0, 0.1) is 11.8 Å². The molecule has 1 aromatic rings. The molecule has 2 amide bonds. The summed E-state index contributed by atoms with van der Waals surface area (Å²) < 4.78 is 10.6. The molecule has 2 heterocycles. The van der Waals surface area contributed by atoms with Gasteiger partial charge in [0.05, 0.1) is 19.8 Å². The monoisotopic (exact) mass is 393 g/mol. The van der Waals surface area contributed by atoms with Crippen molar-refractivity contribution < 1.29 is 29.2 Å². The summed E-state index contributed by atoms with van der Waals surface area (Å²) in [5.41, 5.74) is -0.313. The maximum atomic E-state index is 13.0. The first-order valence-corrected chi connectivity index (χ1v) is 10.2. The Morgan fingerprint density at radius 1 is 1.26 bits per heavy atom. The number of methoxy groups -OCH3 is 2. The summed E-state index contributed by atoms with van der Waals surface area (Å²) in [6.07, 6.45) is 2.39. The Labute approximate surface area is 162 Å². The topological polar surface area (TPSA) is 89.5 Å². The van der Waals surface area contributed by atoms with Crippen molar-refractivity contribution in [1.82, 2.24) is 4.90 Å². The Balaban J connectivity index is 2.16. The van der Waals surface area contributed by atoms with E-state index < -0.39 is 29.4 Å². The van der Waals surface area contributed by atoms with Gasteiger partial charge in [-0.25, -0.2) is 4.79 Å². The minimum Gasteiger partial charge on any atom is -0.496 e. The Bertz CT molecular complexity index is 770. The highest BCUT2D eigenvalue weighted by atomic mass is 32.2. The molecule has 1 aromatic carbocycles. The molecule has 7 nitrogen and oxygen atoms in total. The summed E-state index contributed by atoms with van der Waals surface area (Å²) in [5, 5.41) is 1.87. The van der Waals surface area contributed by atoms with E-state index in [2.05, 4.69) is 0 Å². The van der Waals surface area contributed by atoms with E-state index in [-0.39, 0.29) is 11.8 Å². The van der Waals surface area contributed by atoms with Crippen LogP contribution in [0.25, 0.3) is 0 Å². The second-order valence-corrected chi connectivity index (χ2v) is 7.93. The van der Waals surface area contributed by atoms with Gasteiger partial charge >= 0.3 is 5.97 Å². The molecule has 0 unspecified atom stereocenters. The molecule has 8 heteroatoms. The third-order valence-corrected chi connectivity index (χ3v) is 6.39. The number of imide groups is 1. The molecule has 146 valence electrons. The summed E-state index contributed by atoms with van der Waals surface area (Å²) in [6.45, 7) is 0. The minimum atomic E-state index is -1.12. The van der Waals surface area contributed by atoms with E-state index in [9.17, 15) is 14.4 Å². The number of fused-ring (bicyclic) bond motifs is 1. The highest BCUT2D eigenvalue weighted by Gasteiger charge is 2.71. The minimum absolute atomic E-state index is 0.257. The maximum Gasteiger partial charge on any atom is 0.368 e. The zero-order chi connectivity index (χ0) is 19.8. The number of carbonyl (C=O) groups is 3. The fraction of sp³-hybridized carbons (Fsp3) is 0.526. The fourth-order valence-corrected chi connectivity index (χ4v) is 5.03. The van der Waals surface area contributed by atoms with Crippen LogP contribution in [0.3, 0.4) is 0 Å². The lowest BCUT2D eigenvalue weighted by Gasteiger charge is -2.28. The van der Waals surface area contributed by atoms with E-state index in [1.807, 2.05) is 35.8 Å². The number of hydrogen-bond donors (Lipinski definition) is 1. The Morgan fingerprint density at radius 2 is 1.96 bits per heavy atom. The third kappa shape index (κ3) is 2.91. The number of ether oxygens (including phenoxy) is 2. The average molecular weight is 393 g/mol. The van der Waals surface area contributed by atoms with E-state index >= 15 is 0 Å². The van der Waals surface area contributed by atoms with Gasteiger partial charge in [-0.1, -0.05) is 12.1 Å². The highest BCUT2D eigenvalue weighted by Crippen LogP contribution is 2.47. The summed E-state index contributed by atoms with van der Waals surface area (Å²) >= 11 is 1.59. The van der Waals surface area contributed by atoms with Crippen LogP contribution >= 0.6 is 11.8 Å². The predicted molar refractivity (Wildman–Crippen MR) is 100 cm³/mol. The molecule has 0 bridgehead atoms. The number of benzene rings is 1. The quantitative estimate of drug-likeness (QED) is 0.549. The van der Waals surface area contributed by atoms with Crippen LogP contribution in [-0.4, -0.2) is 61.5 Å². The second kappa shape index (κ2) is 7.52. The molecule has 2 saturated heterocycles. The largest absolute Gasteiger partial charge is 0.496 e. The van der Waals surface area contributed by atoms with Crippen molar-refractivity contribution in [2.75, 3.05) is 33.3 Å². The molecule has 2 aliphatic heterocycles. The Morgan fingerprint density at radius 3 is 2.59 bits per heavy atom. The molecule has 0 aliphatic carbocycles. The molecule has 0 radical (unpaired) electrons. The lowest BCUT2D eigenvalue weighted by Crippen LogP contribution is -2.98. The van der Waals surface area contributed by atoms with Gasteiger partial charge in [-0.15, -0.1) is 0 Å². The van der Waals surface area contributed by atoms with Crippen LogP contribution in [0.2, 0.25) is 0 Å². The van der Waals surface area contributed by atoms with Crippen LogP contribution in [0.4, 0.5) is 0 Å². The smallest absolute Gasteiger partial charge is 0.368 e. The number of nitrogens with two attached hydrogens (primary N) is 1. The van der Waals surface area contributed by atoms with Gasteiger partial charge in [0.25, 0.3) is 0 Å². The van der Waals surface area contributed by atoms with Gasteiger partial charge in [0.2, 0.25) is 17.4 Å². The Kier molecular flexibility index (Phi) is 5.48. The standard InChI is InChI=1S/C19H24N2O5S/c1-21-16(22)13-14(17(21)23)19(9-10-27-4,18(24)26-3)20-15(13)11-7-5-6-8-12(11)25-2/h5-8,13-15,20H,9-10H2,1-4H3/p+1/t13-,14+,15-,19+/m0/s1. The van der Waals surface area contributed by atoms with Crippen LogP contribution in [0.1, 0.15) is 18.0 Å². The summed E-state index contributed by atoms with van der Waals surface area (Å²) in [6, 6.07) is 7.03. The molecule has 27 heavy (non-hydrogen) atoms. The van der Waals surface area contributed by atoms with Crippen molar-refractivity contribution in [2.45, 2.75) is 18.0 Å². The van der Waals surface area contributed by atoms with E-state index in [1.165, 1.54) is 14.2 Å². The summed E-state index contributed by atoms with van der Waals surface area (Å²) in [5.74, 6) is -1.08. The first kappa shape index (κ1) is 19.7. The normalized spacial score (nSPS) is 29.8. The van der Waals surface area contributed by atoms with Crippen LogP contribution in [-0.2, 0) is 19.1 Å². The maximum absolute atomic E-state index is 13.0. The van der Waals surface area contributed by atoms with E-state index in [0.29, 0.717) is 17.9 Å². The number of likely N-dealkylation sites (tertiary alicyclic amines) is 1. The molecule has 0 saturated carbocycles. The van der Waals surface area contributed by atoms with Crippen molar-refractivity contribution in [3.8, 4) is 5.75 Å². The predicted octanol–water partition coefficient (Wildman–Crippen LogP) is 0.209.